The van der Waals surface area contributed by atoms with Crippen molar-refractivity contribution in [2.24, 2.45) is 28.2 Å². The predicted octanol–water partition coefficient (Wildman–Crippen LogP) is 2.75. The van der Waals surface area contributed by atoms with Gasteiger partial charge in [-0.05, 0) is 33.2 Å². The van der Waals surface area contributed by atoms with E-state index in [0.29, 0.717) is 35.4 Å². The van der Waals surface area contributed by atoms with E-state index in [9.17, 15) is 19.2 Å². The molecule has 0 saturated carbocycles. The van der Waals surface area contributed by atoms with E-state index in [1.54, 1.807) is 14.1 Å². The number of aryl methyl sites for hydroxylation is 2. The van der Waals surface area contributed by atoms with E-state index in [1.165, 1.54) is 28.8 Å². The second-order valence-electron chi connectivity index (χ2n) is 17.2. The Morgan fingerprint density at radius 2 is 1.00 bits per heavy atom. The Bertz CT molecular complexity index is 2990. The van der Waals surface area contributed by atoms with Gasteiger partial charge in [0, 0.05) is 80.5 Å². The summed E-state index contributed by atoms with van der Waals surface area (Å²) in [6.45, 7) is 14.2. The third-order valence-corrected chi connectivity index (χ3v) is 12.0. The third-order valence-electron chi connectivity index (χ3n) is 12.0. The molecule has 9 rings (SSSR count). The highest BCUT2D eigenvalue weighted by atomic mass is 16.2. The van der Waals surface area contributed by atoms with Gasteiger partial charge in [0.2, 0.25) is 11.9 Å². The molecule has 0 radical (unpaired) electrons. The van der Waals surface area contributed by atoms with Crippen LogP contribution in [-0.4, -0.2) is 89.7 Å². The maximum atomic E-state index is 13.2. The summed E-state index contributed by atoms with van der Waals surface area (Å²) in [7, 11) is 6.37. The van der Waals surface area contributed by atoms with Gasteiger partial charge in [0.05, 0.1) is 13.1 Å². The lowest BCUT2D eigenvalue weighted by atomic mass is 9.87. The van der Waals surface area contributed by atoms with E-state index < -0.39 is 0 Å². The molecule has 2 aliphatic heterocycles. The molecule has 2 aliphatic rings. The number of rotatable bonds is 7. The third kappa shape index (κ3) is 7.91. The largest absolute Gasteiger partial charge is 0.340 e. The van der Waals surface area contributed by atoms with Crippen molar-refractivity contribution in [2.45, 2.75) is 39.3 Å². The van der Waals surface area contributed by atoms with Gasteiger partial charge in [-0.2, -0.15) is 9.97 Å². The minimum atomic E-state index is -0.372. The lowest BCUT2D eigenvalue weighted by Crippen LogP contribution is -2.44. The van der Waals surface area contributed by atoms with E-state index in [4.69, 9.17) is 9.97 Å². The van der Waals surface area contributed by atoms with Crippen LogP contribution >= 0.6 is 0 Å². The summed E-state index contributed by atoms with van der Waals surface area (Å²) in [5.74, 6) is 1.47. The molecule has 324 valence electrons. The zero-order valence-electron chi connectivity index (χ0n) is 36.7. The molecule has 0 unspecified atom stereocenters. The second kappa shape index (κ2) is 17.1. The van der Waals surface area contributed by atoms with Gasteiger partial charge >= 0.3 is 11.4 Å². The van der Waals surface area contributed by atoms with E-state index in [-0.39, 0.29) is 27.9 Å². The predicted molar refractivity (Wildman–Crippen MR) is 246 cm³/mol. The van der Waals surface area contributed by atoms with Crippen LogP contribution < -0.4 is 42.9 Å². The molecule has 7 aromatic rings. The van der Waals surface area contributed by atoms with Gasteiger partial charge in [-0.25, -0.2) is 9.59 Å². The van der Waals surface area contributed by atoms with Crippen LogP contribution in [0.5, 0.6) is 0 Å². The van der Waals surface area contributed by atoms with Crippen molar-refractivity contribution in [1.82, 2.24) is 48.0 Å². The number of imidazole rings is 2. The van der Waals surface area contributed by atoms with Crippen LogP contribution in [0.3, 0.4) is 0 Å². The first-order valence-corrected chi connectivity index (χ1v) is 21.2. The Kier molecular flexibility index (Phi) is 11.6. The van der Waals surface area contributed by atoms with Crippen LogP contribution in [0, 0.1) is 0 Å². The molecule has 16 heteroatoms. The first kappa shape index (κ1) is 42.2. The van der Waals surface area contributed by atoms with Gasteiger partial charge in [0.15, 0.2) is 22.3 Å². The fourth-order valence-corrected chi connectivity index (χ4v) is 8.40. The van der Waals surface area contributed by atoms with E-state index in [0.717, 1.165) is 95.6 Å². The van der Waals surface area contributed by atoms with Crippen molar-refractivity contribution in [3.63, 3.8) is 0 Å². The summed E-state index contributed by atoms with van der Waals surface area (Å²) in [4.78, 5) is 65.2. The molecule has 2 saturated heterocycles. The van der Waals surface area contributed by atoms with Gasteiger partial charge in [0.1, 0.15) is 0 Å². The fraction of sp³-hybridized carbons (Fsp3) is 0.391. The molecule has 2 fully saturated rings. The highest BCUT2D eigenvalue weighted by Crippen LogP contribution is 2.29. The smallest absolute Gasteiger partial charge is 0.332 e. The first-order chi connectivity index (χ1) is 29.7. The number of hydrogen-bond donors (Lipinski definition) is 2. The molecule has 2 N–H and O–H groups in total. The minimum absolute atomic E-state index is 0.0837. The standard InChI is InChI=1S/C24H26N6O2.C22H30N6O2/c1-27-21-20(22(31)28(2)24(27)32)30(23(26-21)29-14-12-25-13-15-29)16-18-10-6-7-11-19(18)17-8-4-3-5-9-17;1-22(2,3)16-8-6-15(7-9-16)14-28-17-18(25(4)21(30)26(5)19(17)29)24-20(28)27-12-10-23-11-13-27/h3-11,25H,12-16H2,1-2H3;6-9,23H,10-14H2,1-5H3. The number of nitrogens with one attached hydrogen (secondary N) is 2. The molecular formula is C46H56N12O4. The Morgan fingerprint density at radius 3 is 1.48 bits per heavy atom. The lowest BCUT2D eigenvalue weighted by Gasteiger charge is -2.29. The monoisotopic (exact) mass is 840 g/mol. The fourth-order valence-electron chi connectivity index (χ4n) is 8.40. The van der Waals surface area contributed by atoms with Crippen molar-refractivity contribution < 1.29 is 0 Å². The summed E-state index contributed by atoms with van der Waals surface area (Å²) in [6.07, 6.45) is 0. The topological polar surface area (TPSA) is 154 Å². The Hall–Kier alpha value is -6.52. The molecular weight excluding hydrogens is 785 g/mol. The number of hydrogen-bond acceptors (Lipinski definition) is 10. The van der Waals surface area contributed by atoms with Crippen LogP contribution in [0.1, 0.15) is 37.5 Å². The number of fused-ring (bicyclic) bond motifs is 2. The average Bonchev–Trinajstić information content (AvgIpc) is 3.86. The van der Waals surface area contributed by atoms with E-state index >= 15 is 0 Å². The summed E-state index contributed by atoms with van der Waals surface area (Å²) in [6, 6.07) is 27.0. The van der Waals surface area contributed by atoms with Crippen LogP contribution in [0.2, 0.25) is 0 Å². The van der Waals surface area contributed by atoms with Gasteiger partial charge < -0.3 is 20.4 Å². The van der Waals surface area contributed by atoms with Crippen molar-refractivity contribution in [1.29, 1.82) is 0 Å². The molecule has 6 heterocycles. The Balaban J connectivity index is 0.000000171. The van der Waals surface area contributed by atoms with Crippen molar-refractivity contribution in [3.8, 4) is 11.1 Å². The summed E-state index contributed by atoms with van der Waals surface area (Å²) < 4.78 is 9.18. The van der Waals surface area contributed by atoms with Crippen LogP contribution in [0.15, 0.2) is 98.0 Å². The highest BCUT2D eigenvalue weighted by Gasteiger charge is 2.26. The zero-order valence-corrected chi connectivity index (χ0v) is 36.7. The van der Waals surface area contributed by atoms with Crippen LogP contribution in [0.4, 0.5) is 11.9 Å². The van der Waals surface area contributed by atoms with Crippen LogP contribution in [-0.2, 0) is 46.7 Å². The van der Waals surface area contributed by atoms with Crippen molar-refractivity contribution in [2.75, 3.05) is 62.2 Å². The van der Waals surface area contributed by atoms with Crippen LogP contribution in [0.25, 0.3) is 33.5 Å². The zero-order chi connectivity index (χ0) is 43.9. The van der Waals surface area contributed by atoms with Gasteiger partial charge in [-0.1, -0.05) is 99.6 Å². The highest BCUT2D eigenvalue weighted by molar-refractivity contribution is 5.76. The minimum Gasteiger partial charge on any atom is -0.340 e. The number of nitrogens with zero attached hydrogens (tertiary/aromatic N) is 10. The van der Waals surface area contributed by atoms with Gasteiger partial charge in [-0.3, -0.25) is 37.0 Å². The van der Waals surface area contributed by atoms with Crippen molar-refractivity contribution in [3.05, 3.63) is 137 Å². The molecule has 62 heavy (non-hydrogen) atoms. The molecule has 0 bridgehead atoms. The summed E-state index contributed by atoms with van der Waals surface area (Å²) in [5.41, 5.74) is 6.16. The van der Waals surface area contributed by atoms with Crippen molar-refractivity contribution >= 4 is 34.2 Å². The SMILES string of the molecule is Cn1c(=O)c2c(nc(N3CCNCC3)n2Cc2ccc(C(C)(C)C)cc2)n(C)c1=O.Cn1c(=O)c2c(nc(N3CCNCC3)n2Cc2ccccc2-c2ccccc2)n(C)c1=O. The maximum Gasteiger partial charge on any atom is 0.332 e. The number of piperazine rings is 2. The second-order valence-corrected chi connectivity index (χ2v) is 17.2. The first-order valence-electron chi connectivity index (χ1n) is 21.2. The number of aromatic nitrogens is 8. The normalized spacial score (nSPS) is 14.7. The quantitative estimate of drug-likeness (QED) is 0.245. The molecule has 16 nitrogen and oxygen atoms in total. The lowest BCUT2D eigenvalue weighted by molar-refractivity contribution is 0.571. The van der Waals surface area contributed by atoms with Gasteiger partial charge in [0.25, 0.3) is 11.1 Å². The van der Waals surface area contributed by atoms with Gasteiger partial charge in [-0.15, -0.1) is 0 Å². The average molecular weight is 841 g/mol. The maximum absolute atomic E-state index is 13.2. The summed E-state index contributed by atoms with van der Waals surface area (Å²) in [5, 5.41) is 6.71. The number of anilines is 2. The Morgan fingerprint density at radius 1 is 0.548 bits per heavy atom. The van der Waals surface area contributed by atoms with E-state index in [1.807, 2.05) is 39.5 Å². The molecule has 0 aliphatic carbocycles. The molecule has 0 amide bonds. The summed E-state index contributed by atoms with van der Waals surface area (Å²) >= 11 is 0. The van der Waals surface area contributed by atoms with E-state index in [2.05, 4.69) is 89.7 Å². The molecule has 3 aromatic carbocycles. The number of benzene rings is 3. The molecule has 4 aromatic heterocycles. The Labute approximate surface area is 359 Å². The molecule has 0 spiro atoms. The molecule has 0 atom stereocenters.